The van der Waals surface area contributed by atoms with Crippen LogP contribution in [0.3, 0.4) is 0 Å². The fraction of sp³-hybridized carbons (Fsp3) is 0.703. The Morgan fingerprint density at radius 2 is 0.557 bits per heavy atom. The van der Waals surface area contributed by atoms with Crippen molar-refractivity contribution in [1.82, 2.24) is 0 Å². The molecule has 0 saturated carbocycles. The van der Waals surface area contributed by atoms with Crippen LogP contribution in [0.5, 0.6) is 0 Å². The van der Waals surface area contributed by atoms with E-state index in [1.54, 1.807) is 0 Å². The Labute approximate surface area is 432 Å². The predicted molar refractivity (Wildman–Crippen MR) is 302 cm³/mol. The summed E-state index contributed by atoms with van der Waals surface area (Å²) in [5, 5.41) is 0. The fourth-order valence-electron chi connectivity index (χ4n) is 8.01. The van der Waals surface area contributed by atoms with Gasteiger partial charge in [0.05, 0.1) is 0 Å². The van der Waals surface area contributed by atoms with E-state index in [0.717, 1.165) is 122 Å². The van der Waals surface area contributed by atoms with Gasteiger partial charge < -0.3 is 14.2 Å². The molecule has 0 aliphatic carbocycles. The molecule has 0 spiro atoms. The Balaban J connectivity index is 4.43. The summed E-state index contributed by atoms with van der Waals surface area (Å²) in [6, 6.07) is 0. The molecule has 0 radical (unpaired) electrons. The Morgan fingerprint density at radius 1 is 0.300 bits per heavy atom. The van der Waals surface area contributed by atoms with Crippen molar-refractivity contribution in [3.63, 3.8) is 0 Å². The van der Waals surface area contributed by atoms with E-state index in [1.807, 2.05) is 0 Å². The van der Waals surface area contributed by atoms with Gasteiger partial charge in [-0.2, -0.15) is 0 Å². The Kier molecular flexibility index (Phi) is 54.9. The highest BCUT2D eigenvalue weighted by atomic mass is 16.6. The third-order valence-electron chi connectivity index (χ3n) is 12.3. The average molecular weight is 974 g/mol. The zero-order chi connectivity index (χ0) is 50.7. The van der Waals surface area contributed by atoms with Crippen molar-refractivity contribution >= 4 is 17.9 Å². The summed E-state index contributed by atoms with van der Waals surface area (Å²) in [7, 11) is 0. The summed E-state index contributed by atoms with van der Waals surface area (Å²) in [5.74, 6) is -0.957. The smallest absolute Gasteiger partial charge is 0.306 e. The molecular weight excluding hydrogens is 865 g/mol. The van der Waals surface area contributed by atoms with E-state index in [0.29, 0.717) is 12.8 Å². The number of allylic oxidation sites excluding steroid dienone is 16. The standard InChI is InChI=1S/C64H108O6/c1-4-7-10-13-16-19-22-25-27-29-31-33-34-36-39-42-45-48-51-54-57-63(66)69-60-61(59-68-62(65)56-53-50-47-44-41-38-24-21-18-15-12-9-6-3)70-64(67)58-55-52-49-46-43-40-37-35-32-30-28-26-23-20-17-14-11-8-5-2/h8-9,11-12,17-18,20-21,26,28,32,35,38,40-41,43,61H,4-7,10,13-16,19,22-25,27,29-31,33-34,36-37,39,42,44-60H2,1-3H3/b11-8-,12-9-,20-17-,21-18-,28-26-,35-32-,41-38-,43-40-. The van der Waals surface area contributed by atoms with Gasteiger partial charge in [0, 0.05) is 19.3 Å². The van der Waals surface area contributed by atoms with E-state index in [1.165, 1.54) is 109 Å². The zero-order valence-electron chi connectivity index (χ0n) is 45.8. The molecule has 400 valence electrons. The van der Waals surface area contributed by atoms with Crippen LogP contribution in [0.4, 0.5) is 0 Å². The van der Waals surface area contributed by atoms with Crippen molar-refractivity contribution < 1.29 is 28.6 Å². The summed E-state index contributed by atoms with van der Waals surface area (Å²) in [5.41, 5.74) is 0. The van der Waals surface area contributed by atoms with E-state index in [2.05, 4.69) is 118 Å². The number of esters is 3. The average Bonchev–Trinajstić information content (AvgIpc) is 3.36. The molecular formula is C64H108O6. The molecule has 0 N–H and O–H groups in total. The van der Waals surface area contributed by atoms with Gasteiger partial charge in [0.15, 0.2) is 6.10 Å². The lowest BCUT2D eigenvalue weighted by molar-refractivity contribution is -0.167. The van der Waals surface area contributed by atoms with Crippen molar-refractivity contribution in [2.75, 3.05) is 13.2 Å². The maximum Gasteiger partial charge on any atom is 0.306 e. The van der Waals surface area contributed by atoms with Crippen LogP contribution in [0.15, 0.2) is 97.2 Å². The SMILES string of the molecule is CC/C=C\C/C=C\C/C=C\C/C=C\C/C=C\CCCCCC(=O)OC(COC(=O)CCCCC/C=C\C/C=C\C/C=C\CC)COC(=O)CCCCCCCCCCCCCCCCCCCCCC. The van der Waals surface area contributed by atoms with Crippen LogP contribution in [0.1, 0.15) is 271 Å². The number of ether oxygens (including phenoxy) is 3. The topological polar surface area (TPSA) is 78.9 Å². The highest BCUT2D eigenvalue weighted by molar-refractivity contribution is 5.71. The first-order chi connectivity index (χ1) is 34.5. The third kappa shape index (κ3) is 55.3. The van der Waals surface area contributed by atoms with Crippen molar-refractivity contribution in [3.05, 3.63) is 97.2 Å². The Hall–Kier alpha value is -3.67. The van der Waals surface area contributed by atoms with E-state index in [9.17, 15) is 14.4 Å². The van der Waals surface area contributed by atoms with Gasteiger partial charge in [-0.25, -0.2) is 0 Å². The molecule has 1 atom stereocenters. The first-order valence-electron chi connectivity index (χ1n) is 29.2. The van der Waals surface area contributed by atoms with Crippen molar-refractivity contribution in [2.45, 2.75) is 277 Å². The summed E-state index contributed by atoms with van der Waals surface area (Å²) in [6.45, 7) is 6.38. The van der Waals surface area contributed by atoms with Crippen molar-refractivity contribution in [2.24, 2.45) is 0 Å². The first kappa shape index (κ1) is 66.3. The minimum Gasteiger partial charge on any atom is -0.462 e. The molecule has 1 unspecified atom stereocenters. The molecule has 0 aliphatic rings. The monoisotopic (exact) mass is 973 g/mol. The van der Waals surface area contributed by atoms with Crippen LogP contribution >= 0.6 is 0 Å². The van der Waals surface area contributed by atoms with Crippen LogP contribution in [0.25, 0.3) is 0 Å². The molecule has 70 heavy (non-hydrogen) atoms. The first-order valence-corrected chi connectivity index (χ1v) is 29.2. The largest absolute Gasteiger partial charge is 0.462 e. The van der Waals surface area contributed by atoms with Crippen LogP contribution in [0.2, 0.25) is 0 Å². The van der Waals surface area contributed by atoms with E-state index >= 15 is 0 Å². The Morgan fingerprint density at radius 3 is 0.871 bits per heavy atom. The molecule has 0 aliphatic heterocycles. The molecule has 6 nitrogen and oxygen atoms in total. The molecule has 0 saturated heterocycles. The summed E-state index contributed by atoms with van der Waals surface area (Å²) in [6.07, 6.45) is 76.9. The lowest BCUT2D eigenvalue weighted by Crippen LogP contribution is -2.30. The van der Waals surface area contributed by atoms with E-state index in [-0.39, 0.29) is 37.5 Å². The van der Waals surface area contributed by atoms with Crippen LogP contribution < -0.4 is 0 Å². The second-order valence-electron chi connectivity index (χ2n) is 19.1. The highest BCUT2D eigenvalue weighted by Crippen LogP contribution is 2.16. The molecule has 0 amide bonds. The van der Waals surface area contributed by atoms with Crippen molar-refractivity contribution in [1.29, 1.82) is 0 Å². The maximum atomic E-state index is 12.9. The van der Waals surface area contributed by atoms with Gasteiger partial charge in [0.2, 0.25) is 0 Å². The Bertz CT molecular complexity index is 1400. The van der Waals surface area contributed by atoms with E-state index in [4.69, 9.17) is 14.2 Å². The second kappa shape index (κ2) is 57.9. The molecule has 6 heteroatoms. The van der Waals surface area contributed by atoms with Gasteiger partial charge in [0.25, 0.3) is 0 Å². The zero-order valence-corrected chi connectivity index (χ0v) is 45.8. The van der Waals surface area contributed by atoms with Gasteiger partial charge in [-0.1, -0.05) is 253 Å². The minimum absolute atomic E-state index is 0.0991. The van der Waals surface area contributed by atoms with Crippen LogP contribution in [-0.4, -0.2) is 37.2 Å². The van der Waals surface area contributed by atoms with Gasteiger partial charge >= 0.3 is 17.9 Å². The van der Waals surface area contributed by atoms with E-state index < -0.39 is 6.10 Å². The predicted octanol–water partition coefficient (Wildman–Crippen LogP) is 19.7. The molecule has 0 aromatic heterocycles. The number of unbranched alkanes of at least 4 members (excludes halogenated alkanes) is 25. The fourth-order valence-corrected chi connectivity index (χ4v) is 8.01. The molecule has 0 fully saturated rings. The second-order valence-corrected chi connectivity index (χ2v) is 19.1. The lowest BCUT2D eigenvalue weighted by Gasteiger charge is -2.18. The van der Waals surface area contributed by atoms with Crippen LogP contribution in [0, 0.1) is 0 Å². The highest BCUT2D eigenvalue weighted by Gasteiger charge is 2.19. The summed E-state index contributed by atoms with van der Waals surface area (Å²) >= 11 is 0. The number of hydrogen-bond donors (Lipinski definition) is 0. The summed E-state index contributed by atoms with van der Waals surface area (Å²) in [4.78, 5) is 38.2. The van der Waals surface area contributed by atoms with Gasteiger partial charge in [0.1, 0.15) is 13.2 Å². The quantitative estimate of drug-likeness (QED) is 0.0262. The third-order valence-corrected chi connectivity index (χ3v) is 12.3. The lowest BCUT2D eigenvalue weighted by atomic mass is 10.0. The van der Waals surface area contributed by atoms with Crippen molar-refractivity contribution in [3.8, 4) is 0 Å². The number of carbonyl (C=O) groups is 3. The van der Waals surface area contributed by atoms with Gasteiger partial charge in [-0.15, -0.1) is 0 Å². The summed E-state index contributed by atoms with van der Waals surface area (Å²) < 4.78 is 16.8. The normalized spacial score (nSPS) is 12.8. The molecule has 0 aromatic rings. The molecule has 0 aromatic carbocycles. The van der Waals surface area contributed by atoms with Gasteiger partial charge in [-0.05, 0) is 96.3 Å². The molecule has 0 bridgehead atoms. The molecule has 0 heterocycles. The minimum atomic E-state index is -0.807. The molecule has 0 rings (SSSR count). The number of hydrogen-bond acceptors (Lipinski definition) is 6. The van der Waals surface area contributed by atoms with Crippen LogP contribution in [-0.2, 0) is 28.6 Å². The number of carbonyl (C=O) groups excluding carboxylic acids is 3. The maximum absolute atomic E-state index is 12.9. The van der Waals surface area contributed by atoms with Gasteiger partial charge in [-0.3, -0.25) is 14.4 Å². The number of rotatable bonds is 52.